The van der Waals surface area contributed by atoms with Crippen molar-refractivity contribution < 1.29 is 8.76 Å². The van der Waals surface area contributed by atoms with Crippen molar-refractivity contribution in [3.05, 3.63) is 29.8 Å². The molecule has 0 fully saturated rings. The summed E-state index contributed by atoms with van der Waals surface area (Å²) in [6.07, 6.45) is 3.39. The SMILES string of the molecule is CCCCc1ccc(S(=O)O)cc1.[NaH]. The Kier molecular flexibility index (Phi) is 7.78. The predicted octanol–water partition coefficient (Wildman–Crippen LogP) is 1.96. The molecule has 0 aliphatic carbocycles. The van der Waals surface area contributed by atoms with E-state index in [1.807, 2.05) is 12.1 Å². The van der Waals surface area contributed by atoms with Crippen molar-refractivity contribution in [2.75, 3.05) is 0 Å². The zero-order valence-corrected chi connectivity index (χ0v) is 8.51. The van der Waals surface area contributed by atoms with Gasteiger partial charge in [0.25, 0.3) is 0 Å². The fourth-order valence-electron chi connectivity index (χ4n) is 1.15. The molecule has 2 nitrogen and oxygen atoms in total. The quantitative estimate of drug-likeness (QED) is 0.624. The molecule has 0 spiro atoms. The van der Waals surface area contributed by atoms with E-state index in [4.69, 9.17) is 4.55 Å². The maximum atomic E-state index is 10.6. The first-order chi connectivity index (χ1) is 6.24. The molecule has 0 radical (unpaired) electrons. The molecule has 0 saturated heterocycles. The number of hydrogen-bond acceptors (Lipinski definition) is 1. The number of benzene rings is 1. The van der Waals surface area contributed by atoms with E-state index in [2.05, 4.69) is 6.92 Å². The van der Waals surface area contributed by atoms with Gasteiger partial charge in [0.05, 0.1) is 4.90 Å². The zero-order chi connectivity index (χ0) is 9.68. The number of unbranched alkanes of at least 4 members (excludes halogenated alkanes) is 1. The van der Waals surface area contributed by atoms with Crippen molar-refractivity contribution in [3.63, 3.8) is 0 Å². The van der Waals surface area contributed by atoms with Crippen LogP contribution in [0.1, 0.15) is 25.3 Å². The maximum absolute atomic E-state index is 10.6. The Morgan fingerprint density at radius 1 is 1.29 bits per heavy atom. The second-order valence-corrected chi connectivity index (χ2v) is 3.97. The Bertz CT molecular complexity index is 285. The average Bonchev–Trinajstić information content (AvgIpc) is 2.15. The summed E-state index contributed by atoms with van der Waals surface area (Å²) < 4.78 is 19.4. The van der Waals surface area contributed by atoms with E-state index in [-0.39, 0.29) is 29.6 Å². The van der Waals surface area contributed by atoms with Crippen molar-refractivity contribution in [1.29, 1.82) is 0 Å². The number of rotatable bonds is 4. The van der Waals surface area contributed by atoms with Crippen LogP contribution in [0.2, 0.25) is 0 Å². The predicted molar refractivity (Wildman–Crippen MR) is 61.2 cm³/mol. The first kappa shape index (κ1) is 14.3. The molecular formula is C10H15NaO2S. The molecule has 1 aromatic rings. The van der Waals surface area contributed by atoms with Gasteiger partial charge < -0.3 is 4.55 Å². The van der Waals surface area contributed by atoms with Crippen LogP contribution in [0.4, 0.5) is 0 Å². The second-order valence-electron chi connectivity index (χ2n) is 3.00. The summed E-state index contributed by atoms with van der Waals surface area (Å²) in [6, 6.07) is 7.25. The van der Waals surface area contributed by atoms with Gasteiger partial charge >= 0.3 is 29.6 Å². The Labute approximate surface area is 110 Å². The molecule has 4 heteroatoms. The van der Waals surface area contributed by atoms with Crippen LogP contribution in [0.15, 0.2) is 29.2 Å². The molecule has 1 unspecified atom stereocenters. The van der Waals surface area contributed by atoms with Crippen LogP contribution in [0.3, 0.4) is 0 Å². The number of hydrogen-bond donors (Lipinski definition) is 1. The van der Waals surface area contributed by atoms with Gasteiger partial charge in [-0.25, -0.2) is 4.21 Å². The Morgan fingerprint density at radius 2 is 1.86 bits per heavy atom. The van der Waals surface area contributed by atoms with E-state index < -0.39 is 11.1 Å². The van der Waals surface area contributed by atoms with E-state index >= 15 is 0 Å². The Hall–Kier alpha value is 0.330. The van der Waals surface area contributed by atoms with Gasteiger partial charge in [-0.1, -0.05) is 25.5 Å². The van der Waals surface area contributed by atoms with Crippen molar-refractivity contribution in [2.24, 2.45) is 0 Å². The summed E-state index contributed by atoms with van der Waals surface area (Å²) in [6.45, 7) is 2.15. The molecule has 0 bridgehead atoms. The minimum atomic E-state index is -1.84. The van der Waals surface area contributed by atoms with Crippen LogP contribution in [0, 0.1) is 0 Å². The Morgan fingerprint density at radius 3 is 2.29 bits per heavy atom. The van der Waals surface area contributed by atoms with Crippen LogP contribution in [-0.4, -0.2) is 38.3 Å². The normalized spacial score (nSPS) is 11.9. The van der Waals surface area contributed by atoms with Crippen LogP contribution in [0.5, 0.6) is 0 Å². The van der Waals surface area contributed by atoms with Crippen molar-refractivity contribution in [3.8, 4) is 0 Å². The molecule has 1 aromatic carbocycles. The van der Waals surface area contributed by atoms with E-state index in [0.29, 0.717) is 4.90 Å². The molecule has 14 heavy (non-hydrogen) atoms. The fourth-order valence-corrected chi connectivity index (χ4v) is 1.52. The van der Waals surface area contributed by atoms with Gasteiger partial charge in [0.2, 0.25) is 0 Å². The summed E-state index contributed by atoms with van der Waals surface area (Å²) in [5.74, 6) is 0. The van der Waals surface area contributed by atoms with E-state index in [9.17, 15) is 4.21 Å². The fraction of sp³-hybridized carbons (Fsp3) is 0.400. The van der Waals surface area contributed by atoms with Gasteiger partial charge in [0.1, 0.15) is 0 Å². The van der Waals surface area contributed by atoms with Crippen molar-refractivity contribution >= 4 is 40.6 Å². The third-order valence-corrected chi connectivity index (χ3v) is 2.62. The summed E-state index contributed by atoms with van der Waals surface area (Å²) in [5.41, 5.74) is 1.23. The molecule has 0 aromatic heterocycles. The van der Waals surface area contributed by atoms with Gasteiger partial charge in [-0.15, -0.1) is 0 Å². The first-order valence-corrected chi connectivity index (χ1v) is 5.54. The molecule has 1 rings (SSSR count). The summed E-state index contributed by atoms with van der Waals surface area (Å²) in [7, 11) is 0. The van der Waals surface area contributed by atoms with Gasteiger partial charge in [0.15, 0.2) is 11.1 Å². The second kappa shape index (κ2) is 7.60. The van der Waals surface area contributed by atoms with E-state index in [1.165, 1.54) is 18.4 Å². The molecule has 0 saturated carbocycles. The van der Waals surface area contributed by atoms with Crippen LogP contribution >= 0.6 is 0 Å². The van der Waals surface area contributed by atoms with Crippen LogP contribution < -0.4 is 0 Å². The minimum absolute atomic E-state index is 0. The monoisotopic (exact) mass is 222 g/mol. The molecule has 0 aliphatic rings. The molecule has 1 atom stereocenters. The van der Waals surface area contributed by atoms with Gasteiger partial charge in [-0.3, -0.25) is 0 Å². The zero-order valence-electron chi connectivity index (χ0n) is 7.69. The van der Waals surface area contributed by atoms with Gasteiger partial charge in [-0.2, -0.15) is 0 Å². The molecule has 0 amide bonds. The summed E-state index contributed by atoms with van der Waals surface area (Å²) >= 11 is -1.84. The molecule has 74 valence electrons. The Balaban J connectivity index is 0.00000169. The standard InChI is InChI=1S/C10H14O2S.Na.H/c1-2-3-4-9-5-7-10(8-6-9)13(11)12;;/h5-8H,2-4H2,1H3,(H,11,12);;. The first-order valence-electron chi connectivity index (χ1n) is 4.44. The summed E-state index contributed by atoms with van der Waals surface area (Å²) in [5, 5.41) is 0. The average molecular weight is 222 g/mol. The third kappa shape index (κ3) is 4.71. The van der Waals surface area contributed by atoms with Gasteiger partial charge in [-0.05, 0) is 30.5 Å². The molecule has 0 aliphatic heterocycles. The van der Waals surface area contributed by atoms with Crippen molar-refractivity contribution in [1.82, 2.24) is 0 Å². The molecule has 0 heterocycles. The molecular weight excluding hydrogens is 207 g/mol. The molecule has 1 N–H and O–H groups in total. The topological polar surface area (TPSA) is 37.3 Å². The van der Waals surface area contributed by atoms with E-state index in [1.54, 1.807) is 12.1 Å². The van der Waals surface area contributed by atoms with Crippen LogP contribution in [-0.2, 0) is 17.5 Å². The van der Waals surface area contributed by atoms with Gasteiger partial charge in [0, 0.05) is 0 Å². The summed E-state index contributed by atoms with van der Waals surface area (Å²) in [4.78, 5) is 0.472. The van der Waals surface area contributed by atoms with Crippen LogP contribution in [0.25, 0.3) is 0 Å². The van der Waals surface area contributed by atoms with Crippen molar-refractivity contribution in [2.45, 2.75) is 31.1 Å². The third-order valence-electron chi connectivity index (χ3n) is 1.94. The van der Waals surface area contributed by atoms with E-state index in [0.717, 1.165) is 6.42 Å². The number of aryl methyl sites for hydroxylation is 1.